The molecule has 0 unspecified atom stereocenters. The molecule has 3 rings (SSSR count). The Bertz CT molecular complexity index is 861. The van der Waals surface area contributed by atoms with Gasteiger partial charge in [-0.2, -0.15) is 0 Å². The first kappa shape index (κ1) is 21.0. The number of hydrogen-bond donors (Lipinski definition) is 3. The van der Waals surface area contributed by atoms with Crippen LogP contribution in [0.25, 0.3) is 0 Å². The van der Waals surface area contributed by atoms with Crippen LogP contribution in [0, 0.1) is 12.3 Å². The summed E-state index contributed by atoms with van der Waals surface area (Å²) >= 11 is 6.62. The maximum Gasteiger partial charge on any atom is 0.306 e. The van der Waals surface area contributed by atoms with Crippen LogP contribution in [-0.4, -0.2) is 73.1 Å². The molecule has 3 N–H and O–H groups in total. The molecule has 29 heavy (non-hydrogen) atoms. The fourth-order valence-electron chi connectivity index (χ4n) is 3.60. The van der Waals surface area contributed by atoms with Crippen molar-refractivity contribution in [1.29, 1.82) is 0 Å². The Kier molecular flexibility index (Phi) is 6.62. The second kappa shape index (κ2) is 9.16. The number of fused-ring (bicyclic) bond motifs is 1. The van der Waals surface area contributed by atoms with Gasteiger partial charge in [0.25, 0.3) is 5.91 Å². The van der Waals surface area contributed by atoms with E-state index in [2.05, 4.69) is 21.5 Å². The fraction of sp³-hybridized carbons (Fsp3) is 0.450. The van der Waals surface area contributed by atoms with Crippen LogP contribution in [0.1, 0.15) is 22.3 Å². The van der Waals surface area contributed by atoms with Gasteiger partial charge in [0.1, 0.15) is 6.04 Å². The number of carbonyl (C=O) groups is 3. The van der Waals surface area contributed by atoms with Crippen LogP contribution < -0.4 is 15.5 Å². The number of nitrogens with one attached hydrogen (secondary N) is 2. The Labute approximate surface area is 174 Å². The molecule has 9 heteroatoms. The minimum atomic E-state index is -1.11. The van der Waals surface area contributed by atoms with Gasteiger partial charge >= 0.3 is 5.97 Å². The predicted octanol–water partition coefficient (Wildman–Crippen LogP) is 0.341. The van der Waals surface area contributed by atoms with Gasteiger partial charge in [0.05, 0.1) is 29.2 Å². The number of amides is 2. The van der Waals surface area contributed by atoms with E-state index in [1.165, 1.54) is 4.90 Å². The first-order chi connectivity index (χ1) is 13.9. The van der Waals surface area contributed by atoms with Gasteiger partial charge in [-0.1, -0.05) is 23.6 Å². The molecule has 0 bridgehead atoms. The summed E-state index contributed by atoms with van der Waals surface area (Å²) in [7, 11) is 0. The molecule has 8 nitrogen and oxygen atoms in total. The van der Waals surface area contributed by atoms with Crippen molar-refractivity contribution in [3.8, 4) is 12.3 Å². The number of halogens is 1. The van der Waals surface area contributed by atoms with Crippen molar-refractivity contribution in [2.75, 3.05) is 44.2 Å². The predicted molar refractivity (Wildman–Crippen MR) is 109 cm³/mol. The summed E-state index contributed by atoms with van der Waals surface area (Å²) in [5.41, 5.74) is 2.11. The number of nitrogens with zero attached hydrogens (tertiary/aromatic N) is 2. The zero-order valence-corrected chi connectivity index (χ0v) is 16.7. The van der Waals surface area contributed by atoms with Crippen LogP contribution in [0.3, 0.4) is 0 Å². The van der Waals surface area contributed by atoms with Crippen molar-refractivity contribution >= 4 is 35.1 Å². The molecule has 1 aromatic rings. The molecule has 2 aliphatic rings. The number of carbonyl (C=O) groups excluding carboxylic acids is 2. The van der Waals surface area contributed by atoms with E-state index in [9.17, 15) is 14.4 Å². The lowest BCUT2D eigenvalue weighted by Crippen LogP contribution is -2.47. The first-order valence-electron chi connectivity index (χ1n) is 9.44. The van der Waals surface area contributed by atoms with Gasteiger partial charge in [0, 0.05) is 32.7 Å². The molecule has 1 fully saturated rings. The lowest BCUT2D eigenvalue weighted by atomic mass is 9.97. The van der Waals surface area contributed by atoms with Crippen LogP contribution in [0.4, 0.5) is 5.69 Å². The molecular weight excluding hydrogens is 396 g/mol. The van der Waals surface area contributed by atoms with Gasteiger partial charge in [-0.05, 0) is 18.1 Å². The van der Waals surface area contributed by atoms with Gasteiger partial charge < -0.3 is 25.5 Å². The Hall–Kier alpha value is -2.76. The summed E-state index contributed by atoms with van der Waals surface area (Å²) in [6.07, 6.45) is 5.48. The highest BCUT2D eigenvalue weighted by atomic mass is 35.5. The summed E-state index contributed by atoms with van der Waals surface area (Å²) in [5.74, 6) is 0.319. The number of carboxylic acid groups (broad SMARTS) is 1. The van der Waals surface area contributed by atoms with Crippen molar-refractivity contribution in [3.05, 3.63) is 28.3 Å². The average molecular weight is 419 g/mol. The summed E-state index contributed by atoms with van der Waals surface area (Å²) < 4.78 is 0. The van der Waals surface area contributed by atoms with E-state index in [-0.39, 0.29) is 18.9 Å². The van der Waals surface area contributed by atoms with Crippen LogP contribution in [0.5, 0.6) is 0 Å². The molecule has 0 aromatic heterocycles. The van der Waals surface area contributed by atoms with E-state index >= 15 is 0 Å². The third-order valence-electron chi connectivity index (χ3n) is 5.07. The zero-order chi connectivity index (χ0) is 21.0. The second-order valence-electron chi connectivity index (χ2n) is 7.03. The van der Waals surface area contributed by atoms with E-state index in [4.69, 9.17) is 23.1 Å². The molecule has 0 radical (unpaired) electrons. The smallest absolute Gasteiger partial charge is 0.306 e. The lowest BCUT2D eigenvalue weighted by Gasteiger charge is -2.33. The third-order valence-corrected chi connectivity index (χ3v) is 5.45. The molecule has 2 amide bonds. The van der Waals surface area contributed by atoms with Crippen molar-refractivity contribution in [2.45, 2.75) is 18.9 Å². The monoisotopic (exact) mass is 418 g/mol. The molecular formula is C20H23ClN4O4. The molecule has 1 saturated heterocycles. The van der Waals surface area contributed by atoms with Gasteiger partial charge in [-0.25, -0.2) is 0 Å². The lowest BCUT2D eigenvalue weighted by molar-refractivity contribution is -0.137. The fourth-order valence-corrected chi connectivity index (χ4v) is 3.98. The number of terminal acetylenes is 1. The van der Waals surface area contributed by atoms with Gasteiger partial charge in [-0.3, -0.25) is 14.4 Å². The van der Waals surface area contributed by atoms with Crippen molar-refractivity contribution in [2.24, 2.45) is 0 Å². The zero-order valence-electron chi connectivity index (χ0n) is 15.9. The number of carboxylic acids is 1. The summed E-state index contributed by atoms with van der Waals surface area (Å²) in [6, 6.07) is 2.95. The van der Waals surface area contributed by atoms with Crippen molar-refractivity contribution in [3.63, 3.8) is 0 Å². The number of piperazine rings is 1. The Balaban J connectivity index is 1.73. The van der Waals surface area contributed by atoms with E-state index in [1.54, 1.807) is 0 Å². The summed E-state index contributed by atoms with van der Waals surface area (Å²) in [6.45, 7) is 3.47. The Morgan fingerprint density at radius 3 is 2.69 bits per heavy atom. The average Bonchev–Trinajstić information content (AvgIpc) is 2.70. The molecule has 2 aliphatic heterocycles. The minimum absolute atomic E-state index is 0.204. The van der Waals surface area contributed by atoms with Crippen LogP contribution in [0.15, 0.2) is 12.1 Å². The van der Waals surface area contributed by atoms with Crippen LogP contribution >= 0.6 is 11.6 Å². The Morgan fingerprint density at radius 2 is 2.03 bits per heavy atom. The SMILES string of the molecule is C#C[C@H](CC(=O)O)NC(=O)CN1CCc2ccc(N3CCNCC3)c(Cl)c2C1=O. The number of benzene rings is 1. The van der Waals surface area contributed by atoms with Crippen LogP contribution in [0.2, 0.25) is 5.02 Å². The maximum atomic E-state index is 13.0. The normalized spacial score (nSPS) is 17.3. The Morgan fingerprint density at radius 1 is 1.31 bits per heavy atom. The van der Waals surface area contributed by atoms with Crippen molar-refractivity contribution < 1.29 is 19.5 Å². The van der Waals surface area contributed by atoms with E-state index in [0.717, 1.165) is 37.4 Å². The van der Waals surface area contributed by atoms with Crippen LogP contribution in [-0.2, 0) is 16.0 Å². The number of rotatable bonds is 6. The minimum Gasteiger partial charge on any atom is -0.481 e. The highest BCUT2D eigenvalue weighted by Crippen LogP contribution is 2.35. The molecule has 2 heterocycles. The highest BCUT2D eigenvalue weighted by molar-refractivity contribution is 6.36. The number of aliphatic carboxylic acids is 1. The first-order valence-corrected chi connectivity index (χ1v) is 9.82. The standard InChI is InChI=1S/C20H23ClN4O4/c1-2-14(11-17(27)28)23-16(26)12-25-8-5-13-3-4-15(19(21)18(13)20(25)29)24-9-6-22-7-10-24/h1,3-4,14,22H,5-12H2,(H,23,26)(H,27,28)/t14-/m1/s1. The van der Waals surface area contributed by atoms with E-state index in [1.807, 2.05) is 12.1 Å². The number of anilines is 1. The molecule has 0 saturated carbocycles. The molecule has 0 spiro atoms. The van der Waals surface area contributed by atoms with Gasteiger partial charge in [0.2, 0.25) is 5.91 Å². The van der Waals surface area contributed by atoms with E-state index < -0.39 is 17.9 Å². The molecule has 154 valence electrons. The largest absolute Gasteiger partial charge is 0.481 e. The molecule has 1 atom stereocenters. The quantitative estimate of drug-likeness (QED) is 0.576. The van der Waals surface area contributed by atoms with Gasteiger partial charge in [-0.15, -0.1) is 6.42 Å². The topological polar surface area (TPSA) is 102 Å². The maximum absolute atomic E-state index is 13.0. The van der Waals surface area contributed by atoms with Crippen molar-refractivity contribution in [1.82, 2.24) is 15.5 Å². The number of hydrogen-bond acceptors (Lipinski definition) is 5. The third kappa shape index (κ3) is 4.81. The second-order valence-corrected chi connectivity index (χ2v) is 7.41. The summed E-state index contributed by atoms with van der Waals surface area (Å²) in [5, 5.41) is 15.0. The highest BCUT2D eigenvalue weighted by Gasteiger charge is 2.30. The molecule has 1 aromatic carbocycles. The van der Waals surface area contributed by atoms with E-state index in [0.29, 0.717) is 23.6 Å². The van der Waals surface area contributed by atoms with Gasteiger partial charge in [0.15, 0.2) is 0 Å². The summed E-state index contributed by atoms with van der Waals surface area (Å²) in [4.78, 5) is 39.7. The molecule has 0 aliphatic carbocycles.